The van der Waals surface area contributed by atoms with Crippen molar-refractivity contribution in [2.24, 2.45) is 10.9 Å². The van der Waals surface area contributed by atoms with E-state index < -0.39 is 0 Å². The van der Waals surface area contributed by atoms with Crippen LogP contribution in [0.25, 0.3) is 5.69 Å². The molecule has 36 heavy (non-hydrogen) atoms. The maximum Gasteiger partial charge on any atom is 0.143 e. The summed E-state index contributed by atoms with van der Waals surface area (Å²) < 4.78 is 20.1. The van der Waals surface area contributed by atoms with Gasteiger partial charge in [0.05, 0.1) is 30.7 Å². The Morgan fingerprint density at radius 1 is 1.17 bits per heavy atom. The maximum atomic E-state index is 12.8. The third-order valence-corrected chi connectivity index (χ3v) is 5.72. The minimum Gasteiger partial charge on any atom is -0.495 e. The van der Waals surface area contributed by atoms with Crippen molar-refractivity contribution in [1.29, 1.82) is 0 Å². The number of nitrogens with one attached hydrogen (secondary N) is 2. The highest BCUT2D eigenvalue weighted by atomic mass is 19.1. The molecule has 1 aliphatic rings. The fourth-order valence-electron chi connectivity index (χ4n) is 3.77. The van der Waals surface area contributed by atoms with Crippen LogP contribution in [0.2, 0.25) is 0 Å². The molecule has 1 aromatic heterocycles. The van der Waals surface area contributed by atoms with Gasteiger partial charge in [-0.1, -0.05) is 13.0 Å². The smallest absolute Gasteiger partial charge is 0.143 e. The van der Waals surface area contributed by atoms with Gasteiger partial charge in [0.2, 0.25) is 0 Å². The quantitative estimate of drug-likeness (QED) is 0.393. The molecule has 2 N–H and O–H groups in total. The lowest BCUT2D eigenvalue weighted by Gasteiger charge is -2.24. The fraction of sp³-hybridized carbons (Fsp3) is 0.379. The van der Waals surface area contributed by atoms with Gasteiger partial charge >= 0.3 is 0 Å². The monoisotopic (exact) mass is 493 g/mol. The van der Waals surface area contributed by atoms with E-state index in [-0.39, 0.29) is 5.82 Å². The number of aliphatic imine (C=N–C) groups is 1. The number of amidine groups is 1. The first kappa shape index (κ1) is 28.6. The number of ether oxygens (including phenoxy) is 1. The predicted molar refractivity (Wildman–Crippen MR) is 149 cm³/mol. The minimum atomic E-state index is -0.206. The first-order chi connectivity index (χ1) is 17.4. The average molecular weight is 494 g/mol. The lowest BCUT2D eigenvalue weighted by atomic mass is 10.0. The first-order valence-electron chi connectivity index (χ1n) is 12.3. The number of imidazole rings is 1. The van der Waals surface area contributed by atoms with E-state index >= 15 is 0 Å². The van der Waals surface area contributed by atoms with Crippen molar-refractivity contribution >= 4 is 11.5 Å². The standard InChI is InChI=1S/C15H22FN3.C12H14N2O.C2H4/c1-11-4-3-9-17-15(11)19-12(2)10-18-14-7-5-13(16)6-8-14;1-9-4-5-11(12(6-9)15-3)14-7-10(2)13-8-14;1-2/h5-8,11-12,18H,3-4,9-10H2,1-2H3,(H,17,19);4-8H,1-3H3;1-2H2. The lowest BCUT2D eigenvalue weighted by molar-refractivity contribution is 0.412. The number of aryl methyl sites for hydroxylation is 2. The summed E-state index contributed by atoms with van der Waals surface area (Å²) in [6, 6.07) is 12.9. The Morgan fingerprint density at radius 3 is 2.50 bits per heavy atom. The van der Waals surface area contributed by atoms with Crippen molar-refractivity contribution in [1.82, 2.24) is 14.9 Å². The molecule has 0 bridgehead atoms. The van der Waals surface area contributed by atoms with Crippen molar-refractivity contribution in [3.63, 3.8) is 0 Å². The summed E-state index contributed by atoms with van der Waals surface area (Å²) in [5, 5.41) is 6.76. The second kappa shape index (κ2) is 14.7. The van der Waals surface area contributed by atoms with Gasteiger partial charge in [-0.05, 0) is 75.6 Å². The van der Waals surface area contributed by atoms with Gasteiger partial charge in [0, 0.05) is 36.9 Å². The van der Waals surface area contributed by atoms with Gasteiger partial charge in [-0.2, -0.15) is 0 Å². The number of halogens is 1. The largest absolute Gasteiger partial charge is 0.495 e. The molecule has 2 aromatic carbocycles. The summed E-state index contributed by atoms with van der Waals surface area (Å²) in [7, 11) is 1.68. The molecule has 0 amide bonds. The molecule has 2 atom stereocenters. The predicted octanol–water partition coefficient (Wildman–Crippen LogP) is 6.34. The van der Waals surface area contributed by atoms with E-state index in [0.717, 1.165) is 41.7 Å². The minimum absolute atomic E-state index is 0.206. The van der Waals surface area contributed by atoms with E-state index in [0.29, 0.717) is 12.0 Å². The topological polar surface area (TPSA) is 63.5 Å². The molecule has 0 radical (unpaired) electrons. The van der Waals surface area contributed by atoms with Crippen LogP contribution in [0.5, 0.6) is 5.75 Å². The highest BCUT2D eigenvalue weighted by Gasteiger charge is 2.16. The number of rotatable bonds is 6. The molecule has 1 aliphatic heterocycles. The molecular weight excluding hydrogens is 453 g/mol. The molecular formula is C29H40FN5O. The van der Waals surface area contributed by atoms with Crippen LogP contribution in [0.15, 0.2) is 73.1 Å². The summed E-state index contributed by atoms with van der Waals surface area (Å²) in [5.41, 5.74) is 4.14. The molecule has 2 unspecified atom stereocenters. The third-order valence-electron chi connectivity index (χ3n) is 5.72. The van der Waals surface area contributed by atoms with Crippen molar-refractivity contribution in [3.05, 3.63) is 85.2 Å². The van der Waals surface area contributed by atoms with Crippen LogP contribution in [0, 0.1) is 25.6 Å². The highest BCUT2D eigenvalue weighted by Crippen LogP contribution is 2.24. The zero-order valence-electron chi connectivity index (χ0n) is 22.2. The molecule has 0 saturated carbocycles. The van der Waals surface area contributed by atoms with E-state index in [1.165, 1.54) is 30.5 Å². The number of methoxy groups -OCH3 is 1. The number of hydrogen-bond donors (Lipinski definition) is 2. The molecule has 0 saturated heterocycles. The number of aromatic nitrogens is 2. The van der Waals surface area contributed by atoms with Gasteiger partial charge < -0.3 is 19.9 Å². The van der Waals surface area contributed by atoms with E-state index in [4.69, 9.17) is 4.74 Å². The van der Waals surface area contributed by atoms with Gasteiger partial charge in [-0.15, -0.1) is 13.2 Å². The van der Waals surface area contributed by atoms with E-state index in [9.17, 15) is 4.39 Å². The van der Waals surface area contributed by atoms with Gasteiger partial charge in [-0.25, -0.2) is 9.37 Å². The van der Waals surface area contributed by atoms with Crippen molar-refractivity contribution in [3.8, 4) is 11.4 Å². The number of anilines is 1. The number of benzene rings is 2. The number of hydrogen-bond acceptors (Lipinski definition) is 5. The van der Waals surface area contributed by atoms with Crippen LogP contribution in [0.3, 0.4) is 0 Å². The molecule has 3 aromatic rings. The van der Waals surface area contributed by atoms with Gasteiger partial charge in [-0.3, -0.25) is 4.99 Å². The molecule has 194 valence electrons. The Morgan fingerprint density at radius 2 is 1.89 bits per heavy atom. The highest BCUT2D eigenvalue weighted by molar-refractivity contribution is 5.85. The fourth-order valence-corrected chi connectivity index (χ4v) is 3.77. The number of nitrogens with zero attached hydrogens (tertiary/aromatic N) is 3. The Balaban J connectivity index is 0.000000243. The molecule has 0 fully saturated rings. The zero-order chi connectivity index (χ0) is 26.5. The van der Waals surface area contributed by atoms with Crippen LogP contribution < -0.4 is 15.4 Å². The van der Waals surface area contributed by atoms with Gasteiger partial charge in [0.1, 0.15) is 11.6 Å². The molecule has 7 heteroatoms. The maximum absolute atomic E-state index is 12.8. The van der Waals surface area contributed by atoms with Crippen LogP contribution in [-0.4, -0.2) is 41.6 Å². The van der Waals surface area contributed by atoms with Crippen molar-refractivity contribution in [2.45, 2.75) is 46.6 Å². The second-order valence-electron chi connectivity index (χ2n) is 8.84. The Bertz CT molecular complexity index is 1090. The summed E-state index contributed by atoms with van der Waals surface area (Å²) in [6.07, 6.45) is 6.17. The third kappa shape index (κ3) is 8.87. The van der Waals surface area contributed by atoms with Gasteiger partial charge in [0.15, 0.2) is 0 Å². The van der Waals surface area contributed by atoms with E-state index in [2.05, 4.69) is 53.7 Å². The normalized spacial score (nSPS) is 15.3. The van der Waals surface area contributed by atoms with Crippen molar-refractivity contribution in [2.75, 3.05) is 25.5 Å². The Labute approximate surface area is 215 Å². The summed E-state index contributed by atoms with van der Waals surface area (Å²) in [5.74, 6) is 2.32. The average Bonchev–Trinajstić information content (AvgIpc) is 3.32. The summed E-state index contributed by atoms with van der Waals surface area (Å²) in [4.78, 5) is 8.74. The first-order valence-corrected chi connectivity index (χ1v) is 12.3. The molecule has 0 spiro atoms. The van der Waals surface area contributed by atoms with Gasteiger partial charge in [0.25, 0.3) is 0 Å². The molecule has 6 nitrogen and oxygen atoms in total. The summed E-state index contributed by atoms with van der Waals surface area (Å²) in [6.45, 7) is 16.1. The SMILES string of the molecule is C=C.CC(CNc1ccc(F)cc1)NC1=NCCCC1C.COc1cc(C)ccc1-n1cnc(C)c1. The molecule has 4 rings (SSSR count). The van der Waals surface area contributed by atoms with Crippen molar-refractivity contribution < 1.29 is 9.13 Å². The van der Waals surface area contributed by atoms with Crippen LogP contribution in [-0.2, 0) is 0 Å². The van der Waals surface area contributed by atoms with Crippen LogP contribution in [0.4, 0.5) is 10.1 Å². The Kier molecular flexibility index (Phi) is 11.7. The van der Waals surface area contributed by atoms with E-state index in [1.54, 1.807) is 25.6 Å². The zero-order valence-corrected chi connectivity index (χ0v) is 22.2. The Hall–Kier alpha value is -3.61. The molecule has 0 aliphatic carbocycles. The lowest BCUT2D eigenvalue weighted by Crippen LogP contribution is -2.41. The summed E-state index contributed by atoms with van der Waals surface area (Å²) >= 11 is 0. The second-order valence-corrected chi connectivity index (χ2v) is 8.84. The van der Waals surface area contributed by atoms with E-state index in [1.807, 2.05) is 36.7 Å². The van der Waals surface area contributed by atoms with Crippen LogP contribution in [0.1, 0.15) is 37.9 Å². The molecule has 2 heterocycles. The van der Waals surface area contributed by atoms with Crippen LogP contribution >= 0.6 is 0 Å².